The smallest absolute Gasteiger partial charge is 0.377 e. The summed E-state index contributed by atoms with van der Waals surface area (Å²) in [7, 11) is 3.23. The Morgan fingerprint density at radius 1 is 1.00 bits per heavy atom. The quantitative estimate of drug-likeness (QED) is 0.318. The summed E-state index contributed by atoms with van der Waals surface area (Å²) < 4.78 is 12.8. The van der Waals surface area contributed by atoms with Crippen molar-refractivity contribution in [2.75, 3.05) is 21.3 Å². The van der Waals surface area contributed by atoms with Crippen LogP contribution in [0.2, 0.25) is 0 Å². The van der Waals surface area contributed by atoms with Crippen LogP contribution in [0.25, 0.3) is 0 Å². The third-order valence-electron chi connectivity index (χ3n) is 1.28. The van der Waals surface area contributed by atoms with Gasteiger partial charge in [-0.2, -0.15) is 0 Å². The molecule has 0 heterocycles. The molecule has 0 radical (unpaired) electrons. The number of hydrogen-bond donors (Lipinski definition) is 0. The number of methoxy groups -OCH3 is 3. The molecule has 0 amide bonds. The van der Waals surface area contributed by atoms with E-state index in [1.165, 1.54) is 0 Å². The van der Waals surface area contributed by atoms with Crippen molar-refractivity contribution < 1.29 is 28.6 Å². The van der Waals surface area contributed by atoms with Gasteiger partial charge in [0, 0.05) is 7.11 Å². The van der Waals surface area contributed by atoms with Crippen LogP contribution in [0.15, 0.2) is 0 Å². The van der Waals surface area contributed by atoms with E-state index in [-0.39, 0.29) is 0 Å². The lowest BCUT2D eigenvalue weighted by Crippen LogP contribution is -2.38. The second-order valence-electron chi connectivity index (χ2n) is 1.99. The van der Waals surface area contributed by atoms with Crippen LogP contribution in [-0.2, 0) is 28.6 Å². The van der Waals surface area contributed by atoms with Crippen molar-refractivity contribution in [3.05, 3.63) is 0 Å². The molecule has 0 rings (SSSR count). The van der Waals surface area contributed by atoms with Crippen molar-refractivity contribution in [1.29, 1.82) is 0 Å². The van der Waals surface area contributed by atoms with Gasteiger partial charge in [-0.3, -0.25) is 4.79 Å². The second kappa shape index (κ2) is 5.26. The highest BCUT2D eigenvalue weighted by Gasteiger charge is 2.33. The second-order valence-corrected chi connectivity index (χ2v) is 1.99. The van der Waals surface area contributed by atoms with Crippen molar-refractivity contribution >= 4 is 17.7 Å². The molecule has 0 spiro atoms. The third-order valence-corrected chi connectivity index (χ3v) is 1.28. The molecule has 0 aliphatic rings. The number of ether oxygens (including phenoxy) is 3. The fourth-order valence-electron chi connectivity index (χ4n) is 0.625. The number of hydrogen-bond acceptors (Lipinski definition) is 6. The summed E-state index contributed by atoms with van der Waals surface area (Å²) in [6.07, 6.45) is -1.54. The van der Waals surface area contributed by atoms with E-state index in [2.05, 4.69) is 14.2 Å². The summed E-state index contributed by atoms with van der Waals surface area (Å²) in [5.74, 6) is -3.16. The lowest BCUT2D eigenvalue weighted by Gasteiger charge is -2.09. The first-order valence-corrected chi connectivity index (χ1v) is 3.31. The summed E-state index contributed by atoms with van der Waals surface area (Å²) in [6, 6.07) is 0. The Hall–Kier alpha value is -1.43. The monoisotopic (exact) mass is 190 g/mol. The molecule has 1 atom stereocenters. The average Bonchev–Trinajstić information content (AvgIpc) is 2.17. The van der Waals surface area contributed by atoms with Crippen molar-refractivity contribution in [3.8, 4) is 0 Å². The molecule has 0 fully saturated rings. The Morgan fingerprint density at radius 3 is 1.85 bits per heavy atom. The van der Waals surface area contributed by atoms with E-state index in [4.69, 9.17) is 0 Å². The third kappa shape index (κ3) is 2.83. The van der Waals surface area contributed by atoms with Crippen LogP contribution < -0.4 is 0 Å². The highest BCUT2D eigenvalue weighted by molar-refractivity contribution is 6.39. The zero-order valence-electron chi connectivity index (χ0n) is 7.53. The number of carbonyl (C=O) groups excluding carboxylic acids is 3. The molecule has 0 saturated carbocycles. The van der Waals surface area contributed by atoms with Crippen molar-refractivity contribution in [3.63, 3.8) is 0 Å². The summed E-state index contributed by atoms with van der Waals surface area (Å²) >= 11 is 0. The first kappa shape index (κ1) is 11.6. The summed E-state index contributed by atoms with van der Waals surface area (Å²) in [5, 5.41) is 0. The molecule has 0 aliphatic heterocycles. The number of carbonyl (C=O) groups is 3. The molecule has 13 heavy (non-hydrogen) atoms. The maximum absolute atomic E-state index is 11.0. The number of rotatable bonds is 4. The van der Waals surface area contributed by atoms with Gasteiger partial charge in [-0.05, 0) is 0 Å². The lowest BCUT2D eigenvalue weighted by atomic mass is 10.2. The molecular formula is C7H10O6. The Balaban J connectivity index is 4.49. The Bertz CT molecular complexity index is 221. The molecule has 0 aliphatic carbocycles. The van der Waals surface area contributed by atoms with Gasteiger partial charge >= 0.3 is 11.9 Å². The van der Waals surface area contributed by atoms with Gasteiger partial charge in [0.25, 0.3) is 5.78 Å². The molecular weight excluding hydrogens is 180 g/mol. The van der Waals surface area contributed by atoms with Crippen LogP contribution in [0.1, 0.15) is 0 Å². The van der Waals surface area contributed by atoms with E-state index in [0.717, 1.165) is 21.3 Å². The zero-order valence-corrected chi connectivity index (χ0v) is 7.53. The maximum atomic E-state index is 11.0. The molecule has 0 unspecified atom stereocenters. The fraction of sp³-hybridized carbons (Fsp3) is 0.571. The minimum atomic E-state index is -1.54. The Labute approximate surface area is 74.8 Å². The standard InChI is InChI=1S/C7H10O6/c1-11-5(7(10)13-3)4(8)6(9)12-2/h5H,1-3H3/t5-/m1/s1. The van der Waals surface area contributed by atoms with E-state index in [0.29, 0.717) is 0 Å². The first-order chi connectivity index (χ1) is 6.08. The van der Waals surface area contributed by atoms with Gasteiger partial charge in [-0.1, -0.05) is 0 Å². The van der Waals surface area contributed by atoms with Crippen LogP contribution in [0.4, 0.5) is 0 Å². The average molecular weight is 190 g/mol. The first-order valence-electron chi connectivity index (χ1n) is 3.31. The number of ketones is 1. The topological polar surface area (TPSA) is 78.9 Å². The van der Waals surface area contributed by atoms with Crippen molar-refractivity contribution in [2.45, 2.75) is 6.10 Å². The van der Waals surface area contributed by atoms with E-state index in [1.807, 2.05) is 0 Å². The SMILES string of the molecule is COC(=O)C(=O)[C@@H](OC)C(=O)OC. The summed E-state index contributed by atoms with van der Waals surface area (Å²) in [5.41, 5.74) is 0. The van der Waals surface area contributed by atoms with Crippen LogP contribution in [-0.4, -0.2) is 45.2 Å². The Morgan fingerprint density at radius 2 is 1.54 bits per heavy atom. The molecule has 0 aromatic carbocycles. The van der Waals surface area contributed by atoms with Crippen LogP contribution in [0, 0.1) is 0 Å². The normalized spacial score (nSPS) is 11.6. The van der Waals surface area contributed by atoms with E-state index in [9.17, 15) is 14.4 Å². The van der Waals surface area contributed by atoms with E-state index in [1.54, 1.807) is 0 Å². The molecule has 74 valence electrons. The predicted octanol–water partition coefficient (Wildman–Crippen LogP) is -1.08. The largest absolute Gasteiger partial charge is 0.467 e. The lowest BCUT2D eigenvalue weighted by molar-refractivity contribution is -0.165. The van der Waals surface area contributed by atoms with Crippen LogP contribution in [0.5, 0.6) is 0 Å². The molecule has 0 N–H and O–H groups in total. The van der Waals surface area contributed by atoms with E-state index >= 15 is 0 Å². The molecule has 6 heteroatoms. The van der Waals surface area contributed by atoms with Crippen molar-refractivity contribution in [2.24, 2.45) is 0 Å². The Kier molecular flexibility index (Phi) is 4.68. The van der Waals surface area contributed by atoms with Crippen LogP contribution in [0.3, 0.4) is 0 Å². The van der Waals surface area contributed by atoms with Gasteiger partial charge in [-0.25, -0.2) is 9.59 Å². The van der Waals surface area contributed by atoms with Gasteiger partial charge < -0.3 is 14.2 Å². The van der Waals surface area contributed by atoms with Gasteiger partial charge in [0.15, 0.2) is 0 Å². The molecule has 0 bridgehead atoms. The highest BCUT2D eigenvalue weighted by Crippen LogP contribution is 1.97. The summed E-state index contributed by atoms with van der Waals surface area (Å²) in [4.78, 5) is 32.5. The number of Topliss-reactive ketones (excluding diaryl/α,β-unsaturated/α-hetero) is 1. The van der Waals surface area contributed by atoms with Crippen LogP contribution >= 0.6 is 0 Å². The maximum Gasteiger partial charge on any atom is 0.377 e. The minimum absolute atomic E-state index is 0.932. The van der Waals surface area contributed by atoms with Gasteiger partial charge in [0.05, 0.1) is 14.2 Å². The molecule has 0 aromatic heterocycles. The fourth-order valence-corrected chi connectivity index (χ4v) is 0.625. The van der Waals surface area contributed by atoms with Gasteiger partial charge in [-0.15, -0.1) is 0 Å². The van der Waals surface area contributed by atoms with Crippen molar-refractivity contribution in [1.82, 2.24) is 0 Å². The molecule has 0 aromatic rings. The van der Waals surface area contributed by atoms with Gasteiger partial charge in [0.2, 0.25) is 6.10 Å². The summed E-state index contributed by atoms with van der Waals surface area (Å²) in [6.45, 7) is 0. The minimum Gasteiger partial charge on any atom is -0.467 e. The zero-order chi connectivity index (χ0) is 10.4. The van der Waals surface area contributed by atoms with E-state index < -0.39 is 23.8 Å². The van der Waals surface area contributed by atoms with Gasteiger partial charge in [0.1, 0.15) is 0 Å². The molecule has 0 saturated heterocycles. The highest BCUT2D eigenvalue weighted by atomic mass is 16.6. The molecule has 6 nitrogen and oxygen atoms in total. The predicted molar refractivity (Wildman–Crippen MR) is 39.8 cm³/mol. The number of esters is 2.